The Labute approximate surface area is 105 Å². The second-order valence-electron chi connectivity index (χ2n) is 4.72. The predicted molar refractivity (Wildman–Crippen MR) is 65.6 cm³/mol. The monoisotopic (exact) mass is 242 g/mol. The number of aryl methyl sites for hydroxylation is 1. The molecule has 2 aromatic rings. The van der Waals surface area contributed by atoms with E-state index >= 15 is 0 Å². The molecule has 0 saturated carbocycles. The van der Waals surface area contributed by atoms with Crippen LogP contribution in [0, 0.1) is 18.3 Å². The number of hydrogen-bond donors (Lipinski definition) is 2. The number of nitrogens with zero attached hydrogens (tertiary/aromatic N) is 4. The Morgan fingerprint density at radius 1 is 1.56 bits per heavy atom. The second-order valence-corrected chi connectivity index (χ2v) is 4.72. The van der Waals surface area contributed by atoms with Gasteiger partial charge in [0.1, 0.15) is 5.54 Å². The van der Waals surface area contributed by atoms with E-state index in [2.05, 4.69) is 26.7 Å². The van der Waals surface area contributed by atoms with Crippen molar-refractivity contribution in [1.82, 2.24) is 25.3 Å². The first kappa shape index (κ1) is 11.0. The fourth-order valence-corrected chi connectivity index (χ4v) is 2.31. The van der Waals surface area contributed by atoms with E-state index in [1.807, 2.05) is 24.0 Å². The number of hydrogen-bond acceptors (Lipinski definition) is 4. The molecule has 1 aliphatic rings. The molecule has 6 heteroatoms. The van der Waals surface area contributed by atoms with Gasteiger partial charge >= 0.3 is 0 Å². The topological polar surface area (TPSA) is 82.3 Å². The van der Waals surface area contributed by atoms with E-state index in [4.69, 9.17) is 5.26 Å². The van der Waals surface area contributed by atoms with Gasteiger partial charge in [-0.05, 0) is 6.92 Å². The van der Waals surface area contributed by atoms with Crippen LogP contribution in [-0.2, 0) is 5.54 Å². The van der Waals surface area contributed by atoms with Crippen molar-refractivity contribution in [3.63, 3.8) is 0 Å². The highest BCUT2D eigenvalue weighted by Crippen LogP contribution is 2.29. The van der Waals surface area contributed by atoms with Crippen LogP contribution in [0.2, 0.25) is 0 Å². The Morgan fingerprint density at radius 2 is 2.39 bits per heavy atom. The summed E-state index contributed by atoms with van der Waals surface area (Å²) in [6, 6.07) is 2.25. The molecule has 18 heavy (non-hydrogen) atoms. The summed E-state index contributed by atoms with van der Waals surface area (Å²) in [5.41, 5.74) is 2.87. The Hall–Kier alpha value is -2.13. The summed E-state index contributed by atoms with van der Waals surface area (Å²) in [6.45, 7) is 3.57. The second kappa shape index (κ2) is 3.96. The maximum Gasteiger partial charge on any atom is 0.100 e. The van der Waals surface area contributed by atoms with Gasteiger partial charge in [-0.1, -0.05) is 0 Å². The maximum atomic E-state index is 8.95. The molecule has 3 heterocycles. The Balaban J connectivity index is 2.00. The van der Waals surface area contributed by atoms with E-state index in [0.717, 1.165) is 29.9 Å². The van der Waals surface area contributed by atoms with E-state index < -0.39 is 0 Å². The van der Waals surface area contributed by atoms with E-state index in [0.29, 0.717) is 6.42 Å². The van der Waals surface area contributed by atoms with Crippen LogP contribution in [0.15, 0.2) is 18.6 Å². The minimum atomic E-state index is -0.179. The largest absolute Gasteiger partial charge is 0.312 e. The Kier molecular flexibility index (Phi) is 2.42. The number of nitriles is 1. The molecular weight excluding hydrogens is 228 g/mol. The van der Waals surface area contributed by atoms with Crippen LogP contribution in [0.25, 0.3) is 11.1 Å². The lowest BCUT2D eigenvalue weighted by Gasteiger charge is -2.41. The molecule has 2 aromatic heterocycles. The number of rotatable bonds is 3. The molecule has 0 atom stereocenters. The van der Waals surface area contributed by atoms with Gasteiger partial charge < -0.3 is 5.32 Å². The molecule has 1 fully saturated rings. The molecule has 3 rings (SSSR count). The Morgan fingerprint density at radius 3 is 2.94 bits per heavy atom. The van der Waals surface area contributed by atoms with Crippen LogP contribution >= 0.6 is 0 Å². The summed E-state index contributed by atoms with van der Waals surface area (Å²) in [5.74, 6) is 0. The van der Waals surface area contributed by atoms with Gasteiger partial charge in [-0.15, -0.1) is 0 Å². The number of aromatic amines is 1. The molecule has 0 bridgehead atoms. The van der Waals surface area contributed by atoms with Gasteiger partial charge in [0.2, 0.25) is 0 Å². The molecule has 0 radical (unpaired) electrons. The zero-order valence-corrected chi connectivity index (χ0v) is 10.1. The molecular formula is C12H14N6. The highest BCUT2D eigenvalue weighted by molar-refractivity contribution is 5.63. The molecule has 1 saturated heterocycles. The van der Waals surface area contributed by atoms with Gasteiger partial charge in [-0.2, -0.15) is 15.5 Å². The first-order valence-electron chi connectivity index (χ1n) is 5.89. The number of H-pyrrole nitrogens is 1. The third-order valence-corrected chi connectivity index (χ3v) is 3.51. The van der Waals surface area contributed by atoms with E-state index in [1.54, 1.807) is 6.20 Å². The van der Waals surface area contributed by atoms with Crippen molar-refractivity contribution in [2.75, 3.05) is 13.1 Å². The molecule has 0 spiro atoms. The zero-order valence-electron chi connectivity index (χ0n) is 10.1. The summed E-state index contributed by atoms with van der Waals surface area (Å²) in [7, 11) is 0. The molecule has 6 nitrogen and oxygen atoms in total. The fraction of sp³-hybridized carbons (Fsp3) is 0.417. The lowest BCUT2D eigenvalue weighted by molar-refractivity contribution is 0.160. The van der Waals surface area contributed by atoms with Gasteiger partial charge in [-0.25, -0.2) is 0 Å². The third kappa shape index (κ3) is 1.52. The molecule has 0 aliphatic carbocycles. The van der Waals surface area contributed by atoms with Crippen molar-refractivity contribution < 1.29 is 0 Å². The molecule has 2 N–H and O–H groups in total. The summed E-state index contributed by atoms with van der Waals surface area (Å²) in [5, 5.41) is 23.5. The van der Waals surface area contributed by atoms with E-state index in [1.165, 1.54) is 0 Å². The van der Waals surface area contributed by atoms with Gasteiger partial charge in [-0.3, -0.25) is 9.78 Å². The standard InChI is InChI=1S/C12H14N6/c1-9-11(10-4-15-16-5-10)6-18(17-9)12(2-3-13)7-14-8-12/h4-6,14H,2,7-8H2,1H3,(H,15,16). The van der Waals surface area contributed by atoms with Gasteiger partial charge in [0, 0.05) is 36.6 Å². The molecule has 0 aromatic carbocycles. The molecule has 1 aliphatic heterocycles. The SMILES string of the molecule is Cc1nn(C2(CC#N)CNC2)cc1-c1cn[nH]c1. The van der Waals surface area contributed by atoms with Crippen molar-refractivity contribution in [2.45, 2.75) is 18.9 Å². The van der Waals surface area contributed by atoms with Gasteiger partial charge in [0.15, 0.2) is 0 Å². The highest BCUT2D eigenvalue weighted by atomic mass is 15.4. The average molecular weight is 242 g/mol. The Bertz CT molecular complexity index is 585. The lowest BCUT2D eigenvalue weighted by Crippen LogP contribution is -2.60. The average Bonchev–Trinajstić information content (AvgIpc) is 2.92. The predicted octanol–water partition coefficient (Wildman–Crippen LogP) is 0.794. The number of aromatic nitrogens is 4. The summed E-state index contributed by atoms with van der Waals surface area (Å²) in [6.07, 6.45) is 6.12. The first-order valence-corrected chi connectivity index (χ1v) is 5.89. The van der Waals surface area contributed by atoms with Crippen molar-refractivity contribution in [2.24, 2.45) is 0 Å². The van der Waals surface area contributed by atoms with Crippen LogP contribution in [0.1, 0.15) is 12.1 Å². The van der Waals surface area contributed by atoms with Crippen LogP contribution in [0.4, 0.5) is 0 Å². The first-order chi connectivity index (χ1) is 8.75. The fourth-order valence-electron chi connectivity index (χ4n) is 2.31. The van der Waals surface area contributed by atoms with Crippen LogP contribution in [0.5, 0.6) is 0 Å². The normalized spacial score (nSPS) is 17.1. The number of nitrogens with one attached hydrogen (secondary N) is 2. The van der Waals surface area contributed by atoms with Crippen LogP contribution in [0.3, 0.4) is 0 Å². The molecule has 92 valence electrons. The highest BCUT2D eigenvalue weighted by Gasteiger charge is 2.40. The van der Waals surface area contributed by atoms with Crippen LogP contribution < -0.4 is 5.32 Å². The minimum absolute atomic E-state index is 0.179. The van der Waals surface area contributed by atoms with E-state index in [-0.39, 0.29) is 5.54 Å². The zero-order chi connectivity index (χ0) is 12.6. The summed E-state index contributed by atoms with van der Waals surface area (Å²) < 4.78 is 1.93. The molecule has 0 unspecified atom stereocenters. The molecule has 0 amide bonds. The maximum absolute atomic E-state index is 8.95. The minimum Gasteiger partial charge on any atom is -0.312 e. The van der Waals surface area contributed by atoms with Crippen molar-refractivity contribution in [3.05, 3.63) is 24.3 Å². The third-order valence-electron chi connectivity index (χ3n) is 3.51. The lowest BCUT2D eigenvalue weighted by atomic mass is 9.89. The van der Waals surface area contributed by atoms with Crippen LogP contribution in [-0.4, -0.2) is 33.1 Å². The van der Waals surface area contributed by atoms with Gasteiger partial charge in [0.25, 0.3) is 0 Å². The summed E-state index contributed by atoms with van der Waals surface area (Å²) >= 11 is 0. The van der Waals surface area contributed by atoms with Gasteiger partial charge in [0.05, 0.1) is 24.4 Å². The van der Waals surface area contributed by atoms with E-state index in [9.17, 15) is 0 Å². The summed E-state index contributed by atoms with van der Waals surface area (Å²) in [4.78, 5) is 0. The van der Waals surface area contributed by atoms with Crippen molar-refractivity contribution >= 4 is 0 Å². The van der Waals surface area contributed by atoms with Crippen molar-refractivity contribution in [1.29, 1.82) is 5.26 Å². The smallest absolute Gasteiger partial charge is 0.100 e. The quantitative estimate of drug-likeness (QED) is 0.833. The van der Waals surface area contributed by atoms with Crippen molar-refractivity contribution in [3.8, 4) is 17.2 Å².